The first-order valence-electron chi connectivity index (χ1n) is 7.21. The van der Waals surface area contributed by atoms with Crippen LogP contribution in [0.5, 0.6) is 0 Å². The molecule has 0 bridgehead atoms. The van der Waals surface area contributed by atoms with Crippen LogP contribution in [0.25, 0.3) is 0 Å². The van der Waals surface area contributed by atoms with Gasteiger partial charge in [0.1, 0.15) is 6.07 Å². The number of rotatable bonds is 8. The molecule has 108 valence electrons. The van der Waals surface area contributed by atoms with Crippen molar-refractivity contribution in [2.75, 3.05) is 32.2 Å². The Labute approximate surface area is 121 Å². The SMILES string of the molecule is COCCCN(C)c1ccc(CNC2CC2)cc1C#N. The zero-order chi connectivity index (χ0) is 14.4. The molecule has 0 amide bonds. The highest BCUT2D eigenvalue weighted by Crippen LogP contribution is 2.22. The molecule has 2 rings (SSSR count). The number of benzene rings is 1. The zero-order valence-corrected chi connectivity index (χ0v) is 12.4. The van der Waals surface area contributed by atoms with E-state index in [4.69, 9.17) is 4.74 Å². The van der Waals surface area contributed by atoms with E-state index in [0.717, 1.165) is 37.4 Å². The molecule has 1 N–H and O–H groups in total. The fourth-order valence-corrected chi connectivity index (χ4v) is 2.23. The number of hydrogen-bond acceptors (Lipinski definition) is 4. The fraction of sp³-hybridized carbons (Fsp3) is 0.562. The van der Waals surface area contributed by atoms with Gasteiger partial charge in [-0.3, -0.25) is 0 Å². The molecule has 1 fully saturated rings. The van der Waals surface area contributed by atoms with Gasteiger partial charge in [0, 0.05) is 39.9 Å². The number of anilines is 1. The lowest BCUT2D eigenvalue weighted by Crippen LogP contribution is -2.21. The van der Waals surface area contributed by atoms with Crippen molar-refractivity contribution < 1.29 is 4.74 Å². The lowest BCUT2D eigenvalue weighted by atomic mass is 10.1. The second-order valence-corrected chi connectivity index (χ2v) is 5.39. The Kier molecular flexibility index (Phi) is 5.40. The molecule has 0 heterocycles. The van der Waals surface area contributed by atoms with Gasteiger partial charge in [0.2, 0.25) is 0 Å². The van der Waals surface area contributed by atoms with E-state index in [-0.39, 0.29) is 0 Å². The maximum atomic E-state index is 9.33. The summed E-state index contributed by atoms with van der Waals surface area (Å²) in [6, 6.07) is 9.16. The third-order valence-corrected chi connectivity index (χ3v) is 3.61. The average Bonchev–Trinajstić information content (AvgIpc) is 3.29. The van der Waals surface area contributed by atoms with Gasteiger partial charge in [0.25, 0.3) is 0 Å². The highest BCUT2D eigenvalue weighted by molar-refractivity contribution is 5.60. The number of nitriles is 1. The lowest BCUT2D eigenvalue weighted by molar-refractivity contribution is 0.196. The molecule has 4 heteroatoms. The molecule has 0 unspecified atom stereocenters. The predicted octanol–water partition coefficient (Wildman–Crippen LogP) is 2.28. The van der Waals surface area contributed by atoms with Crippen molar-refractivity contribution in [1.29, 1.82) is 5.26 Å². The molecular weight excluding hydrogens is 250 g/mol. The first-order chi connectivity index (χ1) is 9.74. The third kappa shape index (κ3) is 4.22. The standard InChI is InChI=1S/C16H23N3O/c1-19(8-3-9-20-2)16-7-4-13(10-14(16)11-17)12-18-15-5-6-15/h4,7,10,15,18H,3,5-6,8-9,12H2,1-2H3. The summed E-state index contributed by atoms with van der Waals surface area (Å²) in [7, 11) is 3.73. The summed E-state index contributed by atoms with van der Waals surface area (Å²) in [5.74, 6) is 0. The second kappa shape index (κ2) is 7.28. The molecule has 0 aliphatic heterocycles. The summed E-state index contributed by atoms with van der Waals surface area (Å²) in [5.41, 5.74) is 2.93. The molecule has 4 nitrogen and oxygen atoms in total. The first-order valence-corrected chi connectivity index (χ1v) is 7.21. The molecule has 1 aromatic carbocycles. The Morgan fingerprint density at radius 3 is 2.90 bits per heavy atom. The van der Waals surface area contributed by atoms with Gasteiger partial charge in [-0.2, -0.15) is 5.26 Å². The van der Waals surface area contributed by atoms with Crippen LogP contribution >= 0.6 is 0 Å². The molecule has 1 aliphatic carbocycles. The zero-order valence-electron chi connectivity index (χ0n) is 12.4. The maximum absolute atomic E-state index is 9.33. The van der Waals surface area contributed by atoms with Gasteiger partial charge in [-0.25, -0.2) is 0 Å². The summed E-state index contributed by atoms with van der Waals surface area (Å²) in [5, 5.41) is 12.8. The normalized spacial score (nSPS) is 14.1. The van der Waals surface area contributed by atoms with Crippen LogP contribution in [-0.4, -0.2) is 33.4 Å². The average molecular weight is 273 g/mol. The summed E-state index contributed by atoms with van der Waals surface area (Å²) in [4.78, 5) is 2.12. The Morgan fingerprint density at radius 1 is 1.45 bits per heavy atom. The quantitative estimate of drug-likeness (QED) is 0.738. The Morgan fingerprint density at radius 2 is 2.25 bits per heavy atom. The van der Waals surface area contributed by atoms with Crippen LogP contribution in [0.3, 0.4) is 0 Å². The molecule has 0 spiro atoms. The van der Waals surface area contributed by atoms with E-state index < -0.39 is 0 Å². The van der Waals surface area contributed by atoms with Crippen LogP contribution in [0, 0.1) is 11.3 Å². The molecule has 1 aliphatic rings. The van der Waals surface area contributed by atoms with Crippen molar-refractivity contribution >= 4 is 5.69 Å². The van der Waals surface area contributed by atoms with Crippen molar-refractivity contribution in [3.63, 3.8) is 0 Å². The number of nitrogens with one attached hydrogen (secondary N) is 1. The third-order valence-electron chi connectivity index (χ3n) is 3.61. The highest BCUT2D eigenvalue weighted by Gasteiger charge is 2.20. The van der Waals surface area contributed by atoms with E-state index in [2.05, 4.69) is 28.4 Å². The van der Waals surface area contributed by atoms with E-state index in [0.29, 0.717) is 6.04 Å². The smallest absolute Gasteiger partial charge is 0.101 e. The van der Waals surface area contributed by atoms with E-state index in [1.165, 1.54) is 18.4 Å². The van der Waals surface area contributed by atoms with E-state index in [9.17, 15) is 5.26 Å². The molecule has 0 saturated heterocycles. The lowest BCUT2D eigenvalue weighted by Gasteiger charge is -2.21. The van der Waals surface area contributed by atoms with Gasteiger partial charge in [0.15, 0.2) is 0 Å². The van der Waals surface area contributed by atoms with Crippen LogP contribution in [-0.2, 0) is 11.3 Å². The Balaban J connectivity index is 1.98. The molecule has 0 radical (unpaired) electrons. The van der Waals surface area contributed by atoms with Crippen molar-refractivity contribution in [2.24, 2.45) is 0 Å². The highest BCUT2D eigenvalue weighted by atomic mass is 16.5. The van der Waals surface area contributed by atoms with Gasteiger partial charge in [0.05, 0.1) is 11.3 Å². The van der Waals surface area contributed by atoms with Gasteiger partial charge in [-0.1, -0.05) is 6.07 Å². The van der Waals surface area contributed by atoms with Crippen LogP contribution in [0.4, 0.5) is 5.69 Å². The summed E-state index contributed by atoms with van der Waals surface area (Å²) in [6.07, 6.45) is 3.53. The first kappa shape index (κ1) is 14.8. The van der Waals surface area contributed by atoms with Crippen molar-refractivity contribution in [2.45, 2.75) is 31.8 Å². The van der Waals surface area contributed by atoms with Crippen molar-refractivity contribution in [1.82, 2.24) is 5.32 Å². The predicted molar refractivity (Wildman–Crippen MR) is 80.8 cm³/mol. The topological polar surface area (TPSA) is 48.3 Å². The summed E-state index contributed by atoms with van der Waals surface area (Å²) < 4.78 is 5.06. The molecular formula is C16H23N3O. The number of nitrogens with zero attached hydrogens (tertiary/aromatic N) is 2. The van der Waals surface area contributed by atoms with E-state index in [1.54, 1.807) is 7.11 Å². The second-order valence-electron chi connectivity index (χ2n) is 5.39. The van der Waals surface area contributed by atoms with Crippen molar-refractivity contribution in [3.8, 4) is 6.07 Å². The largest absolute Gasteiger partial charge is 0.385 e. The summed E-state index contributed by atoms with van der Waals surface area (Å²) in [6.45, 7) is 2.49. The molecule has 1 aromatic rings. The Bertz CT molecular complexity index is 477. The minimum absolute atomic E-state index is 0.692. The fourth-order valence-electron chi connectivity index (χ4n) is 2.23. The summed E-state index contributed by atoms with van der Waals surface area (Å²) >= 11 is 0. The Hall–Kier alpha value is -1.57. The van der Waals surface area contributed by atoms with Gasteiger partial charge in [-0.05, 0) is 37.0 Å². The molecule has 0 atom stereocenters. The number of hydrogen-bond donors (Lipinski definition) is 1. The van der Waals surface area contributed by atoms with E-state index in [1.807, 2.05) is 13.1 Å². The maximum Gasteiger partial charge on any atom is 0.101 e. The van der Waals surface area contributed by atoms with Crippen LogP contribution in [0.1, 0.15) is 30.4 Å². The van der Waals surface area contributed by atoms with E-state index >= 15 is 0 Å². The monoisotopic (exact) mass is 273 g/mol. The van der Waals surface area contributed by atoms with Gasteiger partial charge < -0.3 is 15.0 Å². The van der Waals surface area contributed by atoms with Crippen LogP contribution in [0.2, 0.25) is 0 Å². The van der Waals surface area contributed by atoms with Crippen molar-refractivity contribution in [3.05, 3.63) is 29.3 Å². The van der Waals surface area contributed by atoms with Crippen LogP contribution < -0.4 is 10.2 Å². The molecule has 0 aromatic heterocycles. The molecule has 1 saturated carbocycles. The number of ether oxygens (including phenoxy) is 1. The van der Waals surface area contributed by atoms with Crippen LogP contribution in [0.15, 0.2) is 18.2 Å². The van der Waals surface area contributed by atoms with Gasteiger partial charge in [-0.15, -0.1) is 0 Å². The van der Waals surface area contributed by atoms with Gasteiger partial charge >= 0.3 is 0 Å². The minimum Gasteiger partial charge on any atom is -0.385 e. The molecule has 20 heavy (non-hydrogen) atoms. The minimum atomic E-state index is 0.692. The number of methoxy groups -OCH3 is 1.